The lowest BCUT2D eigenvalue weighted by Gasteiger charge is -2.17. The molecule has 0 saturated heterocycles. The minimum absolute atomic E-state index is 0.449. The van der Waals surface area contributed by atoms with E-state index in [0.29, 0.717) is 12.2 Å². The molecule has 0 aliphatic heterocycles. The van der Waals surface area contributed by atoms with Crippen LogP contribution in [0.15, 0.2) is 24.3 Å². The van der Waals surface area contributed by atoms with Gasteiger partial charge in [0, 0.05) is 6.04 Å². The fraction of sp³-hybridized carbons (Fsp3) is 0.417. The molecule has 0 aliphatic rings. The van der Waals surface area contributed by atoms with Crippen LogP contribution in [0.1, 0.15) is 24.9 Å². The number of benzene rings is 1. The molecule has 106 valence electrons. The summed E-state index contributed by atoms with van der Waals surface area (Å²) in [5.74, 6) is -1.64. The van der Waals surface area contributed by atoms with E-state index >= 15 is 0 Å². The molecule has 6 nitrogen and oxygen atoms in total. The number of sulfonamides is 1. The van der Waals surface area contributed by atoms with Crippen LogP contribution in [0.2, 0.25) is 0 Å². The van der Waals surface area contributed by atoms with E-state index in [0.717, 1.165) is 5.56 Å². The van der Waals surface area contributed by atoms with Crippen molar-refractivity contribution in [3.05, 3.63) is 29.8 Å². The van der Waals surface area contributed by atoms with E-state index in [2.05, 4.69) is 4.72 Å². The number of carboxylic acid groups (broad SMARTS) is 1. The van der Waals surface area contributed by atoms with Crippen molar-refractivity contribution >= 4 is 16.0 Å². The lowest BCUT2D eigenvalue weighted by molar-refractivity contribution is -0.134. The van der Waals surface area contributed by atoms with Crippen molar-refractivity contribution in [3.63, 3.8) is 0 Å². The van der Waals surface area contributed by atoms with Gasteiger partial charge in [-0.1, -0.05) is 19.1 Å². The average molecular weight is 287 g/mol. The van der Waals surface area contributed by atoms with E-state index in [1.54, 1.807) is 31.4 Å². The van der Waals surface area contributed by atoms with E-state index in [4.69, 9.17) is 9.84 Å². The van der Waals surface area contributed by atoms with Crippen LogP contribution in [-0.2, 0) is 14.8 Å². The van der Waals surface area contributed by atoms with E-state index in [1.807, 2.05) is 6.92 Å². The molecule has 1 unspecified atom stereocenters. The van der Waals surface area contributed by atoms with E-state index in [-0.39, 0.29) is 0 Å². The fourth-order valence-corrected chi connectivity index (χ4v) is 2.79. The smallest absolute Gasteiger partial charge is 0.320 e. The normalized spacial score (nSPS) is 12.9. The van der Waals surface area contributed by atoms with E-state index < -0.39 is 27.8 Å². The number of aliphatic carboxylic acids is 1. The van der Waals surface area contributed by atoms with Crippen LogP contribution < -0.4 is 9.46 Å². The third-order valence-electron chi connectivity index (χ3n) is 2.56. The minimum atomic E-state index is -3.84. The van der Waals surface area contributed by atoms with Gasteiger partial charge in [0.1, 0.15) is 5.75 Å². The first-order valence-electron chi connectivity index (χ1n) is 5.73. The van der Waals surface area contributed by atoms with Crippen LogP contribution in [0.3, 0.4) is 0 Å². The quantitative estimate of drug-likeness (QED) is 0.784. The number of carbonyl (C=O) groups is 1. The Morgan fingerprint density at radius 1 is 1.37 bits per heavy atom. The standard InChI is InChI=1S/C12H17NO5S/c1-3-11(13-19(16,17)8-12(14)15)9-4-6-10(18-2)7-5-9/h4-7,11,13H,3,8H2,1-2H3,(H,14,15). The van der Waals surface area contributed by atoms with Gasteiger partial charge in [-0.2, -0.15) is 0 Å². The third-order valence-corrected chi connectivity index (χ3v) is 3.83. The molecule has 7 heteroatoms. The first-order chi connectivity index (χ1) is 8.88. The highest BCUT2D eigenvalue weighted by Gasteiger charge is 2.20. The van der Waals surface area contributed by atoms with Crippen molar-refractivity contribution in [1.82, 2.24) is 4.72 Å². The Kier molecular flexibility index (Phi) is 5.31. The first-order valence-corrected chi connectivity index (χ1v) is 7.39. The fourth-order valence-electron chi connectivity index (χ4n) is 1.64. The van der Waals surface area contributed by atoms with Gasteiger partial charge in [0.25, 0.3) is 0 Å². The van der Waals surface area contributed by atoms with Crippen molar-refractivity contribution in [2.45, 2.75) is 19.4 Å². The molecule has 1 aromatic carbocycles. The summed E-state index contributed by atoms with van der Waals surface area (Å²) in [6, 6.07) is 6.50. The summed E-state index contributed by atoms with van der Waals surface area (Å²) in [5, 5.41) is 8.54. The minimum Gasteiger partial charge on any atom is -0.497 e. The van der Waals surface area contributed by atoms with Crippen molar-refractivity contribution in [2.75, 3.05) is 12.9 Å². The van der Waals surface area contributed by atoms with Gasteiger partial charge in [-0.05, 0) is 24.1 Å². The van der Waals surface area contributed by atoms with Crippen LogP contribution >= 0.6 is 0 Å². The third kappa shape index (κ3) is 4.88. The zero-order valence-electron chi connectivity index (χ0n) is 10.8. The number of methoxy groups -OCH3 is 1. The molecule has 2 N–H and O–H groups in total. The highest BCUT2D eigenvalue weighted by molar-refractivity contribution is 7.90. The maximum absolute atomic E-state index is 11.6. The zero-order valence-corrected chi connectivity index (χ0v) is 11.6. The topological polar surface area (TPSA) is 92.7 Å². The summed E-state index contributed by atoms with van der Waals surface area (Å²) in [4.78, 5) is 10.5. The van der Waals surface area contributed by atoms with Crippen molar-refractivity contribution in [1.29, 1.82) is 0 Å². The van der Waals surface area contributed by atoms with Crippen molar-refractivity contribution in [3.8, 4) is 5.75 Å². The zero-order chi connectivity index (χ0) is 14.5. The molecule has 19 heavy (non-hydrogen) atoms. The first kappa shape index (κ1) is 15.5. The van der Waals surface area contributed by atoms with Crippen LogP contribution in [-0.4, -0.2) is 32.4 Å². The number of carboxylic acids is 1. The number of nitrogens with one attached hydrogen (secondary N) is 1. The van der Waals surface area contributed by atoms with Crippen LogP contribution in [0.25, 0.3) is 0 Å². The van der Waals surface area contributed by atoms with Gasteiger partial charge in [-0.25, -0.2) is 13.1 Å². The maximum atomic E-state index is 11.6. The summed E-state index contributed by atoms with van der Waals surface area (Å²) in [6.45, 7) is 1.82. The van der Waals surface area contributed by atoms with Crippen LogP contribution in [0.5, 0.6) is 5.75 Å². The molecule has 1 aromatic rings. The summed E-state index contributed by atoms with van der Waals surface area (Å²) < 4.78 is 30.6. The lowest BCUT2D eigenvalue weighted by atomic mass is 10.1. The molecule has 0 radical (unpaired) electrons. The molecule has 0 amide bonds. The van der Waals surface area contributed by atoms with Crippen LogP contribution in [0, 0.1) is 0 Å². The predicted molar refractivity (Wildman–Crippen MR) is 70.6 cm³/mol. The molecular formula is C12H17NO5S. The van der Waals surface area contributed by atoms with Crippen molar-refractivity contribution in [2.24, 2.45) is 0 Å². The molecule has 0 heterocycles. The largest absolute Gasteiger partial charge is 0.497 e. The number of hydrogen-bond acceptors (Lipinski definition) is 4. The predicted octanol–water partition coefficient (Wildman–Crippen LogP) is 1.15. The molecule has 1 atom stereocenters. The van der Waals surface area contributed by atoms with Crippen molar-refractivity contribution < 1.29 is 23.1 Å². The summed E-state index contributed by atoms with van der Waals surface area (Å²) >= 11 is 0. The molecule has 0 spiro atoms. The maximum Gasteiger partial charge on any atom is 0.320 e. The SMILES string of the molecule is CCC(NS(=O)(=O)CC(=O)O)c1ccc(OC)cc1. The highest BCUT2D eigenvalue weighted by atomic mass is 32.2. The molecule has 0 aromatic heterocycles. The van der Waals surface area contributed by atoms with Gasteiger partial charge < -0.3 is 9.84 Å². The lowest BCUT2D eigenvalue weighted by Crippen LogP contribution is -2.33. The molecule has 1 rings (SSSR count). The van der Waals surface area contributed by atoms with Gasteiger partial charge in [0.15, 0.2) is 5.75 Å². The van der Waals surface area contributed by atoms with E-state index in [9.17, 15) is 13.2 Å². The van der Waals surface area contributed by atoms with E-state index in [1.165, 1.54) is 0 Å². The molecule has 0 saturated carbocycles. The number of ether oxygens (including phenoxy) is 1. The Labute approximate surface area is 112 Å². The van der Waals surface area contributed by atoms with Gasteiger partial charge in [-0.15, -0.1) is 0 Å². The monoisotopic (exact) mass is 287 g/mol. The average Bonchev–Trinajstić information content (AvgIpc) is 2.34. The molecular weight excluding hydrogens is 270 g/mol. The van der Waals surface area contributed by atoms with Gasteiger partial charge >= 0.3 is 5.97 Å². The molecule has 0 aliphatic carbocycles. The summed E-state index contributed by atoms with van der Waals surface area (Å²) in [5.41, 5.74) is 0.761. The van der Waals surface area contributed by atoms with Gasteiger partial charge in [0.05, 0.1) is 7.11 Å². The number of hydrogen-bond donors (Lipinski definition) is 2. The summed E-state index contributed by atoms with van der Waals surface area (Å²) in [6.07, 6.45) is 0.519. The Hall–Kier alpha value is -1.60. The van der Waals surface area contributed by atoms with Crippen LogP contribution in [0.4, 0.5) is 0 Å². The Bertz CT molecular complexity index is 524. The second-order valence-electron chi connectivity index (χ2n) is 4.00. The Morgan fingerprint density at radius 3 is 2.37 bits per heavy atom. The molecule has 0 bridgehead atoms. The molecule has 0 fully saturated rings. The Balaban J connectivity index is 2.85. The summed E-state index contributed by atoms with van der Waals surface area (Å²) in [7, 11) is -2.29. The second-order valence-corrected chi connectivity index (χ2v) is 5.76. The highest BCUT2D eigenvalue weighted by Crippen LogP contribution is 2.20. The van der Waals surface area contributed by atoms with Gasteiger partial charge in [0.2, 0.25) is 10.0 Å². The van der Waals surface area contributed by atoms with Gasteiger partial charge in [-0.3, -0.25) is 4.79 Å². The number of rotatable bonds is 7. The second kappa shape index (κ2) is 6.53. The Morgan fingerprint density at radius 2 is 1.95 bits per heavy atom.